The van der Waals surface area contributed by atoms with Gasteiger partial charge in [0, 0.05) is 25.0 Å². The van der Waals surface area contributed by atoms with Crippen LogP contribution in [-0.4, -0.2) is 21.9 Å². The molecule has 0 N–H and O–H groups in total. The van der Waals surface area contributed by atoms with Crippen LogP contribution in [0.3, 0.4) is 0 Å². The second-order valence-corrected chi connectivity index (χ2v) is 7.53. The van der Waals surface area contributed by atoms with E-state index in [4.69, 9.17) is 19.4 Å². The van der Waals surface area contributed by atoms with Crippen LogP contribution in [0.2, 0.25) is 0 Å². The molecule has 0 saturated heterocycles. The number of hydrogen-bond acceptors (Lipinski definition) is 6. The van der Waals surface area contributed by atoms with E-state index in [1.54, 1.807) is 24.3 Å². The number of para-hydroxylation sites is 2. The first-order chi connectivity index (χ1) is 15.3. The Morgan fingerprint density at radius 2 is 1.03 bits per heavy atom. The third-order valence-electron chi connectivity index (χ3n) is 5.07. The van der Waals surface area contributed by atoms with Crippen LogP contribution in [0.5, 0.6) is 11.5 Å². The van der Waals surface area contributed by atoms with Crippen molar-refractivity contribution in [3.05, 3.63) is 71.8 Å². The normalized spacial score (nSPS) is 10.8. The summed E-state index contributed by atoms with van der Waals surface area (Å²) in [7, 11) is 0. The number of aromatic nitrogens is 2. The average molecular weight is 426 g/mol. The highest BCUT2D eigenvalue weighted by Crippen LogP contribution is 2.39. The third kappa shape index (κ3) is 4.21. The van der Waals surface area contributed by atoms with Crippen LogP contribution in [0.15, 0.2) is 60.7 Å². The van der Waals surface area contributed by atoms with E-state index < -0.39 is 11.9 Å². The number of benzene rings is 3. The van der Waals surface area contributed by atoms with Crippen molar-refractivity contribution >= 4 is 23.0 Å². The van der Waals surface area contributed by atoms with Crippen LogP contribution in [0.1, 0.15) is 25.0 Å². The number of hydrogen-bond donors (Lipinski definition) is 0. The van der Waals surface area contributed by atoms with Gasteiger partial charge >= 0.3 is 11.9 Å². The van der Waals surface area contributed by atoms with Crippen molar-refractivity contribution in [3.63, 3.8) is 0 Å². The molecule has 0 unspecified atom stereocenters. The quantitative estimate of drug-likeness (QED) is 0.320. The van der Waals surface area contributed by atoms with E-state index >= 15 is 0 Å². The fourth-order valence-electron chi connectivity index (χ4n) is 3.50. The summed E-state index contributed by atoms with van der Waals surface area (Å²) < 4.78 is 10.9. The van der Waals surface area contributed by atoms with Gasteiger partial charge in [0.1, 0.15) is 22.9 Å². The van der Waals surface area contributed by atoms with Gasteiger partial charge in [0.05, 0.1) is 11.0 Å². The Hall–Kier alpha value is -4.06. The van der Waals surface area contributed by atoms with Crippen molar-refractivity contribution < 1.29 is 19.1 Å². The molecule has 0 atom stereocenters. The van der Waals surface area contributed by atoms with Gasteiger partial charge in [-0.15, -0.1) is 0 Å². The van der Waals surface area contributed by atoms with Gasteiger partial charge in [0.2, 0.25) is 0 Å². The predicted molar refractivity (Wildman–Crippen MR) is 123 cm³/mol. The maximum Gasteiger partial charge on any atom is 0.308 e. The minimum absolute atomic E-state index is 0.378. The lowest BCUT2D eigenvalue weighted by atomic mass is 10.0. The summed E-state index contributed by atoms with van der Waals surface area (Å²) >= 11 is 0. The van der Waals surface area contributed by atoms with Gasteiger partial charge in [-0.2, -0.15) is 0 Å². The molecular formula is C26H22N2O4. The Morgan fingerprint density at radius 3 is 1.41 bits per heavy atom. The number of aryl methyl sites for hydroxylation is 2. The molecule has 32 heavy (non-hydrogen) atoms. The Morgan fingerprint density at radius 1 is 0.656 bits per heavy atom. The smallest absolute Gasteiger partial charge is 0.308 e. The second kappa shape index (κ2) is 8.59. The molecule has 0 spiro atoms. The van der Waals surface area contributed by atoms with Gasteiger partial charge in [0.25, 0.3) is 0 Å². The molecule has 6 nitrogen and oxygen atoms in total. The van der Waals surface area contributed by atoms with Crippen LogP contribution in [0.4, 0.5) is 0 Å². The SMILES string of the molecule is CC(=O)Oc1ccccc1-c1nc2cc(C)c(C)cc2nc1-c1ccccc1OC(C)=O. The molecule has 6 heteroatoms. The van der Waals surface area contributed by atoms with Gasteiger partial charge in [-0.3, -0.25) is 9.59 Å². The molecule has 1 aromatic heterocycles. The largest absolute Gasteiger partial charge is 0.426 e. The summed E-state index contributed by atoms with van der Waals surface area (Å²) in [5.74, 6) is -0.105. The number of nitrogens with zero attached hydrogens (tertiary/aromatic N) is 2. The number of ether oxygens (including phenoxy) is 2. The zero-order valence-electron chi connectivity index (χ0n) is 18.3. The molecule has 4 aromatic rings. The number of rotatable bonds is 4. The Bertz CT molecular complexity index is 1260. The standard InChI is InChI=1S/C26H22N2O4/c1-15-13-21-22(14-16(15)2)28-26(20-10-6-8-12-24(20)32-18(4)30)25(27-21)19-9-5-7-11-23(19)31-17(3)29/h5-14H,1-4H3. The molecule has 1 heterocycles. The fourth-order valence-corrected chi connectivity index (χ4v) is 3.50. The zero-order chi connectivity index (χ0) is 22.8. The van der Waals surface area contributed by atoms with E-state index in [2.05, 4.69) is 0 Å². The first-order valence-corrected chi connectivity index (χ1v) is 10.2. The molecule has 0 bridgehead atoms. The molecule has 0 amide bonds. The molecule has 0 aliphatic rings. The minimum Gasteiger partial charge on any atom is -0.426 e. The number of carbonyl (C=O) groups is 2. The lowest BCUT2D eigenvalue weighted by molar-refractivity contribution is -0.132. The van der Waals surface area contributed by atoms with Crippen LogP contribution in [0.25, 0.3) is 33.5 Å². The number of esters is 2. The Balaban J connectivity index is 2.06. The summed E-state index contributed by atoms with van der Waals surface area (Å²) in [6, 6.07) is 18.3. The molecule has 0 aliphatic heterocycles. The maximum atomic E-state index is 11.7. The number of fused-ring (bicyclic) bond motifs is 1. The van der Waals surface area contributed by atoms with Gasteiger partial charge in [0.15, 0.2) is 0 Å². The summed E-state index contributed by atoms with van der Waals surface area (Å²) in [5, 5.41) is 0. The van der Waals surface area contributed by atoms with Gasteiger partial charge in [-0.05, 0) is 61.4 Å². The summed E-state index contributed by atoms with van der Waals surface area (Å²) in [6.45, 7) is 6.75. The zero-order valence-corrected chi connectivity index (χ0v) is 18.3. The van der Waals surface area contributed by atoms with E-state index in [1.165, 1.54) is 13.8 Å². The topological polar surface area (TPSA) is 78.4 Å². The van der Waals surface area contributed by atoms with E-state index in [-0.39, 0.29) is 0 Å². The van der Waals surface area contributed by atoms with Crippen molar-refractivity contribution in [1.82, 2.24) is 9.97 Å². The summed E-state index contributed by atoms with van der Waals surface area (Å²) in [4.78, 5) is 33.2. The molecule has 0 radical (unpaired) electrons. The van der Waals surface area contributed by atoms with Crippen molar-refractivity contribution in [2.24, 2.45) is 0 Å². The highest BCUT2D eigenvalue weighted by Gasteiger charge is 2.20. The average Bonchev–Trinajstić information content (AvgIpc) is 2.74. The Labute approximate surface area is 185 Å². The van der Waals surface area contributed by atoms with E-state index in [1.807, 2.05) is 50.2 Å². The molecule has 0 saturated carbocycles. The summed E-state index contributed by atoms with van der Waals surface area (Å²) in [5.41, 5.74) is 5.90. The predicted octanol–water partition coefficient (Wildman–Crippen LogP) is 5.43. The monoisotopic (exact) mass is 426 g/mol. The molecule has 3 aromatic carbocycles. The van der Waals surface area contributed by atoms with Crippen LogP contribution in [-0.2, 0) is 9.59 Å². The maximum absolute atomic E-state index is 11.7. The van der Waals surface area contributed by atoms with Crippen molar-refractivity contribution in [2.45, 2.75) is 27.7 Å². The lowest BCUT2D eigenvalue weighted by Gasteiger charge is -2.16. The van der Waals surface area contributed by atoms with Crippen molar-refractivity contribution in [3.8, 4) is 34.0 Å². The van der Waals surface area contributed by atoms with Crippen molar-refractivity contribution in [2.75, 3.05) is 0 Å². The van der Waals surface area contributed by atoms with E-state index in [9.17, 15) is 9.59 Å². The molecule has 0 aliphatic carbocycles. The molecule has 0 fully saturated rings. The first kappa shape index (κ1) is 21.2. The minimum atomic E-state index is -0.431. The third-order valence-corrected chi connectivity index (χ3v) is 5.07. The lowest BCUT2D eigenvalue weighted by Crippen LogP contribution is -2.06. The highest BCUT2D eigenvalue weighted by atomic mass is 16.5. The second-order valence-electron chi connectivity index (χ2n) is 7.53. The van der Waals surface area contributed by atoms with E-state index in [0.717, 1.165) is 22.2 Å². The molecular weight excluding hydrogens is 404 g/mol. The van der Waals surface area contributed by atoms with Crippen LogP contribution >= 0.6 is 0 Å². The van der Waals surface area contributed by atoms with Gasteiger partial charge in [-0.1, -0.05) is 24.3 Å². The summed E-state index contributed by atoms with van der Waals surface area (Å²) in [6.07, 6.45) is 0. The van der Waals surface area contributed by atoms with Crippen LogP contribution < -0.4 is 9.47 Å². The fraction of sp³-hybridized carbons (Fsp3) is 0.154. The van der Waals surface area contributed by atoms with Gasteiger partial charge in [-0.25, -0.2) is 9.97 Å². The molecule has 4 rings (SSSR count). The van der Waals surface area contributed by atoms with Crippen molar-refractivity contribution in [1.29, 1.82) is 0 Å². The first-order valence-electron chi connectivity index (χ1n) is 10.2. The highest BCUT2D eigenvalue weighted by molar-refractivity contribution is 5.91. The van der Waals surface area contributed by atoms with Crippen LogP contribution in [0, 0.1) is 13.8 Å². The Kier molecular flexibility index (Phi) is 5.69. The van der Waals surface area contributed by atoms with E-state index in [0.29, 0.717) is 34.0 Å². The molecule has 160 valence electrons. The van der Waals surface area contributed by atoms with Gasteiger partial charge < -0.3 is 9.47 Å². The number of carbonyl (C=O) groups excluding carboxylic acids is 2.